The normalized spacial score (nSPS) is 10.5. The Balaban J connectivity index is 2.13. The lowest BCUT2D eigenvalue weighted by Gasteiger charge is -2.20. The number of hydrogen-bond donors (Lipinski definition) is 0. The van der Waals surface area contributed by atoms with Crippen LogP contribution in [0.3, 0.4) is 0 Å². The summed E-state index contributed by atoms with van der Waals surface area (Å²) < 4.78 is 10.6. The number of methoxy groups -OCH3 is 2. The lowest BCUT2D eigenvalue weighted by atomic mass is 10.1. The summed E-state index contributed by atoms with van der Waals surface area (Å²) in [5, 5.41) is 1.05. The molecular weight excluding hydrogens is 361 g/mol. The van der Waals surface area contributed by atoms with Crippen molar-refractivity contribution in [3.63, 3.8) is 0 Å². The van der Waals surface area contributed by atoms with Gasteiger partial charge in [-0.2, -0.15) is 0 Å². The Bertz CT molecular complexity index is 778. The first kappa shape index (κ1) is 19.4. The van der Waals surface area contributed by atoms with E-state index in [1.54, 1.807) is 44.4 Å². The van der Waals surface area contributed by atoms with Crippen LogP contribution in [0.2, 0.25) is 10.0 Å². The molecule has 0 heterocycles. The van der Waals surface area contributed by atoms with E-state index in [-0.39, 0.29) is 12.3 Å². The maximum absolute atomic E-state index is 12.5. The van der Waals surface area contributed by atoms with E-state index < -0.39 is 0 Å². The fraction of sp³-hybridized carbons (Fsp3) is 0.316. The highest BCUT2D eigenvalue weighted by molar-refractivity contribution is 6.35. The first-order valence-corrected chi connectivity index (χ1v) is 8.50. The van der Waals surface area contributed by atoms with Crippen molar-refractivity contribution in [3.8, 4) is 11.5 Å². The van der Waals surface area contributed by atoms with Crippen molar-refractivity contribution in [1.82, 2.24) is 4.90 Å². The lowest BCUT2D eigenvalue weighted by Crippen LogP contribution is -2.28. The van der Waals surface area contributed by atoms with E-state index in [0.29, 0.717) is 28.1 Å². The summed E-state index contributed by atoms with van der Waals surface area (Å²) in [6.45, 7) is 2.45. The highest BCUT2D eigenvalue weighted by Crippen LogP contribution is 2.31. The number of aryl methyl sites for hydroxylation is 1. The Labute approximate surface area is 158 Å². The van der Waals surface area contributed by atoms with E-state index >= 15 is 0 Å². The summed E-state index contributed by atoms with van der Waals surface area (Å²) in [5.74, 6) is 1.29. The van der Waals surface area contributed by atoms with Gasteiger partial charge in [-0.15, -0.1) is 0 Å². The number of likely N-dealkylation sites (N-methyl/N-ethyl adjacent to an activating group) is 1. The number of nitrogens with zero attached hydrogens (tertiary/aromatic N) is 1. The Kier molecular flexibility index (Phi) is 6.57. The summed E-state index contributed by atoms with van der Waals surface area (Å²) in [4.78, 5) is 14.2. The first-order chi connectivity index (χ1) is 11.8. The second kappa shape index (κ2) is 8.45. The first-order valence-electron chi connectivity index (χ1n) is 7.75. The number of carbonyl (C=O) groups is 1. The molecule has 0 fully saturated rings. The van der Waals surface area contributed by atoms with Gasteiger partial charge in [0.25, 0.3) is 0 Å². The molecule has 0 aliphatic heterocycles. The molecule has 0 aliphatic rings. The van der Waals surface area contributed by atoms with Gasteiger partial charge in [-0.3, -0.25) is 4.79 Å². The Morgan fingerprint density at radius 2 is 1.68 bits per heavy atom. The third-order valence-electron chi connectivity index (χ3n) is 4.03. The van der Waals surface area contributed by atoms with Crippen molar-refractivity contribution in [3.05, 3.63) is 57.1 Å². The van der Waals surface area contributed by atoms with Crippen LogP contribution >= 0.6 is 23.2 Å². The van der Waals surface area contributed by atoms with E-state index in [1.807, 2.05) is 19.1 Å². The molecule has 4 nitrogen and oxygen atoms in total. The second-order valence-corrected chi connectivity index (χ2v) is 6.64. The fourth-order valence-corrected chi connectivity index (χ4v) is 2.97. The molecule has 0 N–H and O–H groups in total. The van der Waals surface area contributed by atoms with Crippen LogP contribution in [-0.4, -0.2) is 32.1 Å². The summed E-state index contributed by atoms with van der Waals surface area (Å²) in [5.41, 5.74) is 2.78. The quantitative estimate of drug-likeness (QED) is 0.738. The molecule has 0 saturated heterocycles. The zero-order valence-corrected chi connectivity index (χ0v) is 16.2. The maximum atomic E-state index is 12.5. The number of hydrogen-bond acceptors (Lipinski definition) is 3. The molecule has 2 aromatic rings. The largest absolute Gasteiger partial charge is 0.493 e. The van der Waals surface area contributed by atoms with Gasteiger partial charge in [-0.05, 0) is 47.9 Å². The molecule has 2 rings (SSSR count). The van der Waals surface area contributed by atoms with Gasteiger partial charge in [0.05, 0.1) is 20.6 Å². The standard InChI is InChI=1S/C19H21Cl2NO3/c1-12-7-17(24-3)18(25-4)8-14(12)11-22(2)19(23)9-13-5-6-15(20)10-16(13)21/h5-8,10H,9,11H2,1-4H3. The molecule has 134 valence electrons. The van der Waals surface area contributed by atoms with E-state index in [4.69, 9.17) is 32.7 Å². The molecule has 0 aromatic heterocycles. The van der Waals surface area contributed by atoms with Crippen LogP contribution in [0, 0.1) is 6.92 Å². The van der Waals surface area contributed by atoms with Gasteiger partial charge in [0.2, 0.25) is 5.91 Å². The molecule has 25 heavy (non-hydrogen) atoms. The number of rotatable bonds is 6. The molecule has 2 aromatic carbocycles. The summed E-state index contributed by atoms with van der Waals surface area (Å²) in [6.07, 6.45) is 0.221. The van der Waals surface area contributed by atoms with Gasteiger partial charge < -0.3 is 14.4 Å². The smallest absolute Gasteiger partial charge is 0.227 e. The summed E-state index contributed by atoms with van der Waals surface area (Å²) >= 11 is 12.0. The van der Waals surface area contributed by atoms with Crippen molar-refractivity contribution in [2.75, 3.05) is 21.3 Å². The minimum atomic E-state index is -0.0293. The van der Waals surface area contributed by atoms with Crippen molar-refractivity contribution in [1.29, 1.82) is 0 Å². The van der Waals surface area contributed by atoms with Gasteiger partial charge in [0.1, 0.15) is 0 Å². The number of amides is 1. The lowest BCUT2D eigenvalue weighted by molar-refractivity contribution is -0.129. The van der Waals surface area contributed by atoms with Crippen molar-refractivity contribution in [2.45, 2.75) is 19.9 Å². The highest BCUT2D eigenvalue weighted by atomic mass is 35.5. The van der Waals surface area contributed by atoms with Crippen LogP contribution in [0.15, 0.2) is 30.3 Å². The SMILES string of the molecule is COc1cc(C)c(CN(C)C(=O)Cc2ccc(Cl)cc2Cl)cc1OC. The predicted molar refractivity (Wildman–Crippen MR) is 101 cm³/mol. The average molecular weight is 382 g/mol. The van der Waals surface area contributed by atoms with Crippen LogP contribution in [0.1, 0.15) is 16.7 Å². The van der Waals surface area contributed by atoms with E-state index in [1.165, 1.54) is 0 Å². The number of ether oxygens (including phenoxy) is 2. The van der Waals surface area contributed by atoms with Crippen LogP contribution in [0.5, 0.6) is 11.5 Å². The Morgan fingerprint density at radius 1 is 1.04 bits per heavy atom. The van der Waals surface area contributed by atoms with Crippen LogP contribution in [0.4, 0.5) is 0 Å². The highest BCUT2D eigenvalue weighted by Gasteiger charge is 2.15. The number of halogens is 2. The van der Waals surface area contributed by atoms with Crippen molar-refractivity contribution < 1.29 is 14.3 Å². The molecule has 0 bridgehead atoms. The van der Waals surface area contributed by atoms with Crippen LogP contribution in [-0.2, 0) is 17.8 Å². The fourth-order valence-electron chi connectivity index (χ4n) is 2.50. The van der Waals surface area contributed by atoms with Gasteiger partial charge in [-0.1, -0.05) is 29.3 Å². The molecule has 6 heteroatoms. The Hall–Kier alpha value is -1.91. The van der Waals surface area contributed by atoms with Crippen LogP contribution < -0.4 is 9.47 Å². The zero-order valence-electron chi connectivity index (χ0n) is 14.7. The number of carbonyl (C=O) groups excluding carboxylic acids is 1. The minimum absolute atomic E-state index is 0.0293. The van der Waals surface area contributed by atoms with E-state index in [9.17, 15) is 4.79 Å². The average Bonchev–Trinajstić information content (AvgIpc) is 2.58. The maximum Gasteiger partial charge on any atom is 0.227 e. The van der Waals surface area contributed by atoms with E-state index in [2.05, 4.69) is 0 Å². The molecule has 0 saturated carbocycles. The van der Waals surface area contributed by atoms with Crippen LogP contribution in [0.25, 0.3) is 0 Å². The summed E-state index contributed by atoms with van der Waals surface area (Å²) in [7, 11) is 4.96. The molecule has 0 atom stereocenters. The molecular formula is C19H21Cl2NO3. The second-order valence-electron chi connectivity index (χ2n) is 5.80. The zero-order chi connectivity index (χ0) is 18.6. The van der Waals surface area contributed by atoms with Gasteiger partial charge in [-0.25, -0.2) is 0 Å². The summed E-state index contributed by atoms with van der Waals surface area (Å²) in [6, 6.07) is 8.95. The van der Waals surface area contributed by atoms with Crippen molar-refractivity contribution in [2.24, 2.45) is 0 Å². The Morgan fingerprint density at radius 3 is 2.28 bits per heavy atom. The topological polar surface area (TPSA) is 38.8 Å². The molecule has 0 aliphatic carbocycles. The molecule has 0 radical (unpaired) electrons. The third kappa shape index (κ3) is 4.80. The predicted octanol–water partition coefficient (Wildman–Crippen LogP) is 4.52. The van der Waals surface area contributed by atoms with E-state index in [0.717, 1.165) is 16.7 Å². The van der Waals surface area contributed by atoms with Gasteiger partial charge in [0, 0.05) is 23.6 Å². The molecule has 0 unspecified atom stereocenters. The van der Waals surface area contributed by atoms with Gasteiger partial charge in [0.15, 0.2) is 11.5 Å². The number of benzene rings is 2. The third-order valence-corrected chi connectivity index (χ3v) is 4.62. The van der Waals surface area contributed by atoms with Gasteiger partial charge >= 0.3 is 0 Å². The molecule has 1 amide bonds. The molecule has 0 spiro atoms. The minimum Gasteiger partial charge on any atom is -0.493 e. The monoisotopic (exact) mass is 381 g/mol. The van der Waals surface area contributed by atoms with Crippen molar-refractivity contribution >= 4 is 29.1 Å².